The maximum atomic E-state index is 13.4. The number of nitrogens with one attached hydrogen (secondary N) is 2. The Morgan fingerprint density at radius 3 is 2.50 bits per heavy atom. The summed E-state index contributed by atoms with van der Waals surface area (Å²) in [5.74, 6) is 0.686. The van der Waals surface area contributed by atoms with Crippen LogP contribution in [0.15, 0.2) is 71.9 Å². The van der Waals surface area contributed by atoms with Crippen LogP contribution in [0.5, 0.6) is 11.6 Å². The van der Waals surface area contributed by atoms with Gasteiger partial charge in [-0.15, -0.1) is 0 Å². The monoisotopic (exact) mass is 382 g/mol. The maximum Gasteiger partial charge on any atom is 0.224 e. The van der Waals surface area contributed by atoms with E-state index in [-0.39, 0.29) is 11.6 Å². The molecule has 3 aromatic rings. The zero-order valence-corrected chi connectivity index (χ0v) is 15.3. The number of nitrogens with zero attached hydrogens (tertiary/aromatic N) is 2. The minimum atomic E-state index is -0.376. The van der Waals surface area contributed by atoms with Gasteiger partial charge < -0.3 is 15.4 Å². The third kappa shape index (κ3) is 5.51. The molecule has 2 aromatic carbocycles. The average Bonchev–Trinajstić information content (AvgIpc) is 2.70. The summed E-state index contributed by atoms with van der Waals surface area (Å²) >= 11 is 0. The fraction of sp³-hybridized carbons (Fsp3) is 0.143. The molecule has 5 nitrogen and oxygen atoms in total. The van der Waals surface area contributed by atoms with Gasteiger partial charge in [-0.25, -0.2) is 13.8 Å². The molecule has 0 saturated heterocycles. The van der Waals surface area contributed by atoms with Crippen LogP contribution in [0.1, 0.15) is 11.1 Å². The van der Waals surface area contributed by atoms with Crippen molar-refractivity contribution < 1.29 is 13.5 Å². The van der Waals surface area contributed by atoms with Crippen molar-refractivity contribution in [1.29, 1.82) is 0 Å². The van der Waals surface area contributed by atoms with Crippen LogP contribution in [0.2, 0.25) is 0 Å². The maximum absolute atomic E-state index is 13.4. The fourth-order valence-electron chi connectivity index (χ4n) is 2.48. The normalized spacial score (nSPS) is 11.2. The number of aliphatic imine (C=N–C) groups is 1. The van der Waals surface area contributed by atoms with E-state index >= 15 is 0 Å². The summed E-state index contributed by atoms with van der Waals surface area (Å²) < 4.78 is 32.1. The average molecular weight is 382 g/mol. The van der Waals surface area contributed by atoms with Crippen molar-refractivity contribution in [3.8, 4) is 11.6 Å². The summed E-state index contributed by atoms with van der Waals surface area (Å²) in [6.07, 6.45) is 1.61. The third-order valence-electron chi connectivity index (χ3n) is 3.90. The van der Waals surface area contributed by atoms with Crippen LogP contribution in [-0.4, -0.2) is 18.0 Å². The first-order valence-corrected chi connectivity index (χ1v) is 8.70. The van der Waals surface area contributed by atoms with Gasteiger partial charge >= 0.3 is 0 Å². The second-order valence-corrected chi connectivity index (χ2v) is 5.93. The smallest absolute Gasteiger partial charge is 0.224 e. The minimum Gasteiger partial charge on any atom is -0.439 e. The van der Waals surface area contributed by atoms with E-state index < -0.39 is 0 Å². The highest BCUT2D eigenvalue weighted by molar-refractivity contribution is 5.79. The summed E-state index contributed by atoms with van der Waals surface area (Å²) in [4.78, 5) is 8.40. The molecule has 1 aromatic heterocycles. The lowest BCUT2D eigenvalue weighted by Crippen LogP contribution is -2.36. The number of rotatable bonds is 6. The molecule has 28 heavy (non-hydrogen) atoms. The molecular weight excluding hydrogens is 362 g/mol. The first-order chi connectivity index (χ1) is 13.6. The van der Waals surface area contributed by atoms with Gasteiger partial charge in [-0.1, -0.05) is 24.3 Å². The summed E-state index contributed by atoms with van der Waals surface area (Å²) in [5.41, 5.74) is 1.72. The van der Waals surface area contributed by atoms with Crippen molar-refractivity contribution in [3.05, 3.63) is 89.6 Å². The zero-order valence-electron chi connectivity index (χ0n) is 15.3. The lowest BCUT2D eigenvalue weighted by atomic mass is 10.2. The van der Waals surface area contributed by atoms with E-state index in [4.69, 9.17) is 4.74 Å². The van der Waals surface area contributed by atoms with E-state index in [1.54, 1.807) is 43.6 Å². The van der Waals surface area contributed by atoms with Gasteiger partial charge in [0.1, 0.15) is 17.4 Å². The van der Waals surface area contributed by atoms with Crippen molar-refractivity contribution in [2.24, 2.45) is 4.99 Å². The molecule has 2 N–H and O–H groups in total. The molecule has 0 spiro atoms. The van der Waals surface area contributed by atoms with Gasteiger partial charge in [0.2, 0.25) is 5.88 Å². The second kappa shape index (κ2) is 9.45. The van der Waals surface area contributed by atoms with Gasteiger partial charge in [-0.3, -0.25) is 4.99 Å². The van der Waals surface area contributed by atoms with Crippen LogP contribution in [0.25, 0.3) is 0 Å². The Kier molecular flexibility index (Phi) is 6.51. The second-order valence-electron chi connectivity index (χ2n) is 5.93. The Hall–Kier alpha value is -3.48. The van der Waals surface area contributed by atoms with Crippen LogP contribution in [0, 0.1) is 11.6 Å². The number of aromatic nitrogens is 1. The fourth-order valence-corrected chi connectivity index (χ4v) is 2.48. The van der Waals surface area contributed by atoms with Gasteiger partial charge in [-0.2, -0.15) is 0 Å². The van der Waals surface area contributed by atoms with Crippen LogP contribution >= 0.6 is 0 Å². The molecule has 7 heteroatoms. The summed E-state index contributed by atoms with van der Waals surface area (Å²) in [6, 6.07) is 15.8. The predicted octanol–water partition coefficient (Wildman–Crippen LogP) is 4.02. The molecule has 1 heterocycles. The molecule has 0 unspecified atom stereocenters. The molecule has 0 bridgehead atoms. The number of halogens is 2. The molecule has 0 aliphatic heterocycles. The number of ether oxygens (including phenoxy) is 1. The van der Waals surface area contributed by atoms with Crippen LogP contribution in [0.3, 0.4) is 0 Å². The highest BCUT2D eigenvalue weighted by Crippen LogP contribution is 2.23. The van der Waals surface area contributed by atoms with Crippen molar-refractivity contribution >= 4 is 5.96 Å². The number of hydrogen-bond acceptors (Lipinski definition) is 3. The Labute approximate surface area is 162 Å². The largest absolute Gasteiger partial charge is 0.439 e. The Balaban J connectivity index is 1.60. The van der Waals surface area contributed by atoms with Crippen molar-refractivity contribution in [2.75, 3.05) is 7.05 Å². The Morgan fingerprint density at radius 1 is 0.964 bits per heavy atom. The van der Waals surface area contributed by atoms with Gasteiger partial charge in [0, 0.05) is 38.0 Å². The van der Waals surface area contributed by atoms with Crippen LogP contribution < -0.4 is 15.4 Å². The summed E-state index contributed by atoms with van der Waals surface area (Å²) in [7, 11) is 1.66. The number of hydrogen-bond donors (Lipinski definition) is 2. The lowest BCUT2D eigenvalue weighted by Gasteiger charge is -2.14. The van der Waals surface area contributed by atoms with E-state index in [1.165, 1.54) is 24.3 Å². The molecule has 0 fully saturated rings. The molecule has 3 rings (SSSR count). The predicted molar refractivity (Wildman–Crippen MR) is 104 cm³/mol. The van der Waals surface area contributed by atoms with E-state index in [2.05, 4.69) is 20.6 Å². The Morgan fingerprint density at radius 2 is 1.75 bits per heavy atom. The number of benzene rings is 2. The van der Waals surface area contributed by atoms with Gasteiger partial charge in [-0.05, 0) is 35.9 Å². The van der Waals surface area contributed by atoms with Crippen molar-refractivity contribution in [1.82, 2.24) is 15.6 Å². The summed E-state index contributed by atoms with van der Waals surface area (Å²) in [6.45, 7) is 0.904. The molecule has 0 radical (unpaired) electrons. The Bertz CT molecular complexity index is 945. The topological polar surface area (TPSA) is 58.5 Å². The quantitative estimate of drug-likeness (QED) is 0.499. The molecule has 144 valence electrons. The number of pyridine rings is 1. The van der Waals surface area contributed by atoms with Crippen LogP contribution in [-0.2, 0) is 13.1 Å². The van der Waals surface area contributed by atoms with Crippen molar-refractivity contribution in [3.63, 3.8) is 0 Å². The van der Waals surface area contributed by atoms with E-state index in [1.807, 2.05) is 6.07 Å². The first kappa shape index (κ1) is 19.3. The zero-order chi connectivity index (χ0) is 19.8. The molecule has 0 aliphatic carbocycles. The SMILES string of the molecule is CN=C(NCc1ccc(F)cc1)NCc1cccnc1Oc1cccc(F)c1. The standard InChI is InChI=1S/C21H20F2N4O/c1-24-21(26-13-15-7-9-17(22)10-8-15)27-14-16-4-3-11-25-20(16)28-19-6-2-5-18(23)12-19/h2-12H,13-14H2,1H3,(H2,24,26,27). The van der Waals surface area contributed by atoms with E-state index in [0.29, 0.717) is 30.7 Å². The highest BCUT2D eigenvalue weighted by Gasteiger charge is 2.08. The van der Waals surface area contributed by atoms with E-state index in [0.717, 1.165) is 11.1 Å². The van der Waals surface area contributed by atoms with Crippen molar-refractivity contribution in [2.45, 2.75) is 13.1 Å². The highest BCUT2D eigenvalue weighted by atomic mass is 19.1. The molecule has 0 saturated carbocycles. The van der Waals surface area contributed by atoms with E-state index in [9.17, 15) is 8.78 Å². The van der Waals surface area contributed by atoms with Gasteiger partial charge in [0.05, 0.1) is 0 Å². The number of guanidine groups is 1. The molecule has 0 atom stereocenters. The minimum absolute atomic E-state index is 0.270. The van der Waals surface area contributed by atoms with Gasteiger partial charge in [0.25, 0.3) is 0 Å². The third-order valence-corrected chi connectivity index (χ3v) is 3.90. The van der Waals surface area contributed by atoms with Gasteiger partial charge in [0.15, 0.2) is 5.96 Å². The lowest BCUT2D eigenvalue weighted by molar-refractivity contribution is 0.450. The first-order valence-electron chi connectivity index (χ1n) is 8.70. The molecule has 0 aliphatic rings. The summed E-state index contributed by atoms with van der Waals surface area (Å²) in [5, 5.41) is 6.33. The molecular formula is C21H20F2N4O. The van der Waals surface area contributed by atoms with Crippen LogP contribution in [0.4, 0.5) is 8.78 Å². The molecule has 0 amide bonds.